The molecule has 0 amide bonds. The van der Waals surface area contributed by atoms with Gasteiger partial charge in [0.05, 0.1) is 5.25 Å². The van der Waals surface area contributed by atoms with E-state index in [2.05, 4.69) is 9.62 Å². The van der Waals surface area contributed by atoms with E-state index >= 15 is 0 Å². The lowest BCUT2D eigenvalue weighted by Gasteiger charge is -2.37. The molecule has 0 unspecified atom stereocenters. The molecule has 1 saturated carbocycles. The molecule has 2 aliphatic rings. The van der Waals surface area contributed by atoms with Crippen LogP contribution in [-0.2, 0) is 10.0 Å². The van der Waals surface area contributed by atoms with Gasteiger partial charge in [-0.2, -0.15) is 0 Å². The Hall–Kier alpha value is -0.130. The maximum atomic E-state index is 11.8. The summed E-state index contributed by atoms with van der Waals surface area (Å²) in [7, 11) is -3.10. The van der Waals surface area contributed by atoms with Gasteiger partial charge in [-0.25, -0.2) is 13.1 Å². The molecule has 112 valence electrons. The highest BCUT2D eigenvalue weighted by Gasteiger charge is 2.26. The second-order valence-corrected chi connectivity index (χ2v) is 8.83. The Kier molecular flexibility index (Phi) is 5.26. The van der Waals surface area contributed by atoms with E-state index in [1.165, 1.54) is 38.8 Å². The monoisotopic (exact) mass is 288 g/mol. The predicted octanol–water partition coefficient (Wildman–Crippen LogP) is 1.83. The Morgan fingerprint density at radius 2 is 1.84 bits per heavy atom. The molecule has 1 N–H and O–H groups in total. The van der Waals surface area contributed by atoms with E-state index in [9.17, 15) is 8.42 Å². The van der Waals surface area contributed by atoms with E-state index in [1.807, 2.05) is 0 Å². The van der Waals surface area contributed by atoms with Crippen LogP contribution in [0.1, 0.15) is 46.0 Å². The van der Waals surface area contributed by atoms with E-state index in [4.69, 9.17) is 0 Å². The van der Waals surface area contributed by atoms with Crippen LogP contribution < -0.4 is 4.72 Å². The second-order valence-electron chi connectivity index (χ2n) is 6.51. The largest absolute Gasteiger partial charge is 0.303 e. The third kappa shape index (κ3) is 4.43. The average Bonchev–Trinajstić information content (AvgIpc) is 2.32. The van der Waals surface area contributed by atoms with Crippen molar-refractivity contribution in [3.63, 3.8) is 0 Å². The lowest BCUT2D eigenvalue weighted by molar-refractivity contribution is 0.125. The number of hydrogen-bond donors (Lipinski definition) is 1. The van der Waals surface area contributed by atoms with E-state index in [-0.39, 0.29) is 5.25 Å². The van der Waals surface area contributed by atoms with Crippen molar-refractivity contribution in [3.05, 3.63) is 0 Å². The molecule has 1 aliphatic carbocycles. The van der Waals surface area contributed by atoms with Gasteiger partial charge in [0.1, 0.15) is 0 Å². The Labute approximate surface area is 118 Å². The molecule has 1 atom stereocenters. The van der Waals surface area contributed by atoms with Crippen molar-refractivity contribution in [1.82, 2.24) is 9.62 Å². The van der Waals surface area contributed by atoms with Crippen LogP contribution in [0.3, 0.4) is 0 Å². The minimum Gasteiger partial charge on any atom is -0.303 e. The number of rotatable bonds is 6. The fraction of sp³-hybridized carbons (Fsp3) is 1.00. The molecule has 0 aromatic heterocycles. The molecule has 4 nitrogen and oxygen atoms in total. The minimum absolute atomic E-state index is 0.331. The quantitative estimate of drug-likeness (QED) is 0.811. The fourth-order valence-corrected chi connectivity index (χ4v) is 3.73. The molecule has 0 aromatic carbocycles. The van der Waals surface area contributed by atoms with Gasteiger partial charge in [-0.15, -0.1) is 0 Å². The zero-order valence-corrected chi connectivity index (χ0v) is 13.1. The van der Waals surface area contributed by atoms with Crippen molar-refractivity contribution in [2.45, 2.75) is 51.2 Å². The van der Waals surface area contributed by atoms with Crippen LogP contribution in [0.15, 0.2) is 0 Å². The van der Waals surface area contributed by atoms with E-state index in [1.54, 1.807) is 13.8 Å². The molecule has 0 bridgehead atoms. The summed E-state index contributed by atoms with van der Waals surface area (Å²) in [6.45, 7) is 7.56. The van der Waals surface area contributed by atoms with Crippen LogP contribution in [-0.4, -0.2) is 44.7 Å². The van der Waals surface area contributed by atoms with Crippen LogP contribution in [0.5, 0.6) is 0 Å². The summed E-state index contributed by atoms with van der Waals surface area (Å²) in [5.74, 6) is 1.40. The highest BCUT2D eigenvalue weighted by molar-refractivity contribution is 7.90. The average molecular weight is 288 g/mol. The third-order valence-electron chi connectivity index (χ3n) is 4.54. The lowest BCUT2D eigenvalue weighted by Crippen LogP contribution is -2.44. The molecule has 19 heavy (non-hydrogen) atoms. The van der Waals surface area contributed by atoms with Crippen LogP contribution >= 0.6 is 0 Å². The van der Waals surface area contributed by atoms with Gasteiger partial charge in [0.25, 0.3) is 0 Å². The summed E-state index contributed by atoms with van der Waals surface area (Å²) in [6.07, 6.45) is 6.54. The van der Waals surface area contributed by atoms with Crippen molar-refractivity contribution in [3.8, 4) is 0 Å². The third-order valence-corrected chi connectivity index (χ3v) is 6.35. The van der Waals surface area contributed by atoms with Crippen molar-refractivity contribution < 1.29 is 8.42 Å². The SMILES string of the molecule is CC(C)S(=O)(=O)NC[C@@H]1CCCN(CC2CCC2)C1. The van der Waals surface area contributed by atoms with Crippen LogP contribution in [0.2, 0.25) is 0 Å². The smallest absolute Gasteiger partial charge is 0.213 e. The van der Waals surface area contributed by atoms with Crippen LogP contribution in [0.4, 0.5) is 0 Å². The van der Waals surface area contributed by atoms with E-state index in [0.29, 0.717) is 12.5 Å². The first kappa shape index (κ1) is 15.3. The highest BCUT2D eigenvalue weighted by atomic mass is 32.2. The van der Waals surface area contributed by atoms with Gasteiger partial charge in [0, 0.05) is 19.6 Å². The predicted molar refractivity (Wildman–Crippen MR) is 78.6 cm³/mol. The molecule has 1 aliphatic heterocycles. The van der Waals surface area contributed by atoms with Gasteiger partial charge < -0.3 is 4.90 Å². The normalized spacial score (nSPS) is 26.6. The Bertz CT molecular complexity index is 377. The van der Waals surface area contributed by atoms with Crippen molar-refractivity contribution in [1.29, 1.82) is 0 Å². The van der Waals surface area contributed by atoms with Crippen molar-refractivity contribution in [2.24, 2.45) is 11.8 Å². The zero-order chi connectivity index (χ0) is 13.9. The number of hydrogen-bond acceptors (Lipinski definition) is 3. The maximum absolute atomic E-state index is 11.8. The van der Waals surface area contributed by atoms with Gasteiger partial charge in [0.2, 0.25) is 10.0 Å². The Balaban J connectivity index is 1.74. The second kappa shape index (κ2) is 6.55. The molecule has 0 spiro atoms. The van der Waals surface area contributed by atoms with Gasteiger partial charge >= 0.3 is 0 Å². The summed E-state index contributed by atoms with van der Waals surface area (Å²) >= 11 is 0. The van der Waals surface area contributed by atoms with E-state index in [0.717, 1.165) is 18.9 Å². The summed E-state index contributed by atoms with van der Waals surface area (Å²) in [5.41, 5.74) is 0. The first-order chi connectivity index (χ1) is 8.97. The summed E-state index contributed by atoms with van der Waals surface area (Å²) < 4.78 is 26.3. The van der Waals surface area contributed by atoms with Crippen molar-refractivity contribution >= 4 is 10.0 Å². The number of sulfonamides is 1. The molecule has 2 rings (SSSR count). The molecule has 0 aromatic rings. The van der Waals surface area contributed by atoms with Gasteiger partial charge in [0.15, 0.2) is 0 Å². The van der Waals surface area contributed by atoms with Crippen LogP contribution in [0, 0.1) is 11.8 Å². The minimum atomic E-state index is -3.10. The number of nitrogens with one attached hydrogen (secondary N) is 1. The van der Waals surface area contributed by atoms with Gasteiger partial charge in [-0.3, -0.25) is 0 Å². The molecule has 5 heteroatoms. The first-order valence-corrected chi connectivity index (χ1v) is 9.23. The molecule has 0 radical (unpaired) electrons. The van der Waals surface area contributed by atoms with Crippen LogP contribution in [0.25, 0.3) is 0 Å². The summed E-state index contributed by atoms with van der Waals surface area (Å²) in [5, 5.41) is -0.331. The number of piperidine rings is 1. The molecule has 1 heterocycles. The molecular weight excluding hydrogens is 260 g/mol. The standard InChI is InChI=1S/C14H28N2O2S/c1-12(2)19(17,18)15-9-14-7-4-8-16(11-14)10-13-5-3-6-13/h12-15H,3-11H2,1-2H3/t14-/m0/s1. The fourth-order valence-electron chi connectivity index (χ4n) is 2.92. The highest BCUT2D eigenvalue weighted by Crippen LogP contribution is 2.28. The first-order valence-electron chi connectivity index (χ1n) is 7.68. The van der Waals surface area contributed by atoms with Gasteiger partial charge in [-0.1, -0.05) is 6.42 Å². The molecule has 2 fully saturated rings. The Morgan fingerprint density at radius 1 is 1.16 bits per heavy atom. The summed E-state index contributed by atoms with van der Waals surface area (Å²) in [4.78, 5) is 2.54. The lowest BCUT2D eigenvalue weighted by atomic mass is 9.84. The maximum Gasteiger partial charge on any atom is 0.213 e. The zero-order valence-electron chi connectivity index (χ0n) is 12.3. The Morgan fingerprint density at radius 3 is 2.42 bits per heavy atom. The number of nitrogens with zero attached hydrogens (tertiary/aromatic N) is 1. The number of likely N-dealkylation sites (tertiary alicyclic amines) is 1. The molecular formula is C14H28N2O2S. The van der Waals surface area contributed by atoms with Gasteiger partial charge in [-0.05, 0) is 57.9 Å². The summed E-state index contributed by atoms with van der Waals surface area (Å²) in [6, 6.07) is 0. The van der Waals surface area contributed by atoms with E-state index < -0.39 is 10.0 Å². The van der Waals surface area contributed by atoms with Crippen molar-refractivity contribution in [2.75, 3.05) is 26.2 Å². The topological polar surface area (TPSA) is 49.4 Å². The molecule has 1 saturated heterocycles.